The van der Waals surface area contributed by atoms with Gasteiger partial charge in [-0.1, -0.05) is 17.7 Å². The number of aromatic amines is 1. The van der Waals surface area contributed by atoms with Gasteiger partial charge in [-0.05, 0) is 49.2 Å². The Hall–Kier alpha value is -4.05. The number of nitrogens with zero attached hydrogens (tertiary/aromatic N) is 3. The minimum Gasteiger partial charge on any atom is -0.360 e. The topological polar surface area (TPSA) is 118 Å². The van der Waals surface area contributed by atoms with Crippen LogP contribution in [0.3, 0.4) is 0 Å². The molecule has 0 spiro atoms. The molecule has 10 nitrogen and oxygen atoms in total. The van der Waals surface area contributed by atoms with Crippen molar-refractivity contribution >= 4 is 51.9 Å². The van der Waals surface area contributed by atoms with Gasteiger partial charge in [0.25, 0.3) is 11.8 Å². The monoisotopic (exact) mass is 550 g/mol. The van der Waals surface area contributed by atoms with E-state index in [1.807, 2.05) is 0 Å². The maximum Gasteiger partial charge on any atom is 0.319 e. The zero-order chi connectivity index (χ0) is 27.7. The lowest BCUT2D eigenvalue weighted by Gasteiger charge is -2.27. The van der Waals surface area contributed by atoms with E-state index in [2.05, 4.69) is 15.6 Å². The SMILES string of the molecule is CN(C)C(=O)N1C[C@H](NC(=O)c2ccc(N3CCCCC3=O)cc2)[C@H](NC(=O)c2ccc3c(Cl)c[nH]c3c2)C1. The fourth-order valence-electron chi connectivity index (χ4n) is 5.14. The molecule has 5 rings (SSSR count). The van der Waals surface area contributed by atoms with Crippen LogP contribution >= 0.6 is 11.6 Å². The van der Waals surface area contributed by atoms with Gasteiger partial charge in [0.15, 0.2) is 0 Å². The van der Waals surface area contributed by atoms with E-state index in [1.54, 1.807) is 72.6 Å². The highest BCUT2D eigenvalue weighted by atomic mass is 35.5. The van der Waals surface area contributed by atoms with Crippen LogP contribution < -0.4 is 15.5 Å². The second kappa shape index (κ2) is 11.0. The number of amides is 5. The van der Waals surface area contributed by atoms with Crippen LogP contribution in [0.25, 0.3) is 10.9 Å². The van der Waals surface area contributed by atoms with Crippen molar-refractivity contribution in [3.05, 3.63) is 64.8 Å². The lowest BCUT2D eigenvalue weighted by molar-refractivity contribution is -0.119. The number of hydrogen-bond donors (Lipinski definition) is 3. The van der Waals surface area contributed by atoms with Crippen LogP contribution in [0.15, 0.2) is 48.7 Å². The van der Waals surface area contributed by atoms with E-state index >= 15 is 0 Å². The molecule has 5 amide bonds. The maximum absolute atomic E-state index is 13.2. The van der Waals surface area contributed by atoms with E-state index < -0.39 is 12.1 Å². The highest BCUT2D eigenvalue weighted by Gasteiger charge is 2.38. The van der Waals surface area contributed by atoms with Gasteiger partial charge in [0.05, 0.1) is 17.1 Å². The predicted molar refractivity (Wildman–Crippen MR) is 149 cm³/mol. The van der Waals surface area contributed by atoms with Gasteiger partial charge in [0.1, 0.15) is 0 Å². The van der Waals surface area contributed by atoms with Gasteiger partial charge in [-0.25, -0.2) is 4.79 Å². The maximum atomic E-state index is 13.2. The summed E-state index contributed by atoms with van der Waals surface area (Å²) in [6.07, 6.45) is 4.05. The van der Waals surface area contributed by atoms with Crippen molar-refractivity contribution < 1.29 is 19.2 Å². The van der Waals surface area contributed by atoms with Crippen molar-refractivity contribution in [1.82, 2.24) is 25.4 Å². The van der Waals surface area contributed by atoms with Crippen molar-refractivity contribution in [3.8, 4) is 0 Å². The Morgan fingerprint density at radius 2 is 1.59 bits per heavy atom. The van der Waals surface area contributed by atoms with E-state index in [4.69, 9.17) is 11.6 Å². The number of rotatable bonds is 5. The molecule has 2 aliphatic heterocycles. The highest BCUT2D eigenvalue weighted by molar-refractivity contribution is 6.35. The van der Waals surface area contributed by atoms with Crippen LogP contribution in [0.2, 0.25) is 5.02 Å². The number of urea groups is 1. The number of carbonyl (C=O) groups is 4. The first-order chi connectivity index (χ1) is 18.7. The minimum absolute atomic E-state index is 0.0900. The smallest absolute Gasteiger partial charge is 0.319 e. The van der Waals surface area contributed by atoms with Crippen molar-refractivity contribution in [2.24, 2.45) is 0 Å². The molecule has 2 fully saturated rings. The molecule has 1 aromatic heterocycles. The number of anilines is 1. The predicted octanol–water partition coefficient (Wildman–Crippen LogP) is 3.23. The summed E-state index contributed by atoms with van der Waals surface area (Å²) >= 11 is 6.16. The normalized spacial score (nSPS) is 19.3. The minimum atomic E-state index is -0.502. The van der Waals surface area contributed by atoms with Crippen LogP contribution in [0.4, 0.5) is 10.5 Å². The quantitative estimate of drug-likeness (QED) is 0.452. The molecule has 0 saturated carbocycles. The van der Waals surface area contributed by atoms with Crippen LogP contribution in [0.5, 0.6) is 0 Å². The van der Waals surface area contributed by atoms with E-state index in [9.17, 15) is 19.2 Å². The average Bonchev–Trinajstić information content (AvgIpc) is 3.51. The molecule has 204 valence electrons. The summed E-state index contributed by atoms with van der Waals surface area (Å²) in [5.41, 5.74) is 2.37. The van der Waals surface area contributed by atoms with Gasteiger partial charge < -0.3 is 30.3 Å². The number of piperidine rings is 1. The fourth-order valence-corrected chi connectivity index (χ4v) is 5.36. The van der Waals surface area contributed by atoms with Crippen molar-refractivity contribution in [3.63, 3.8) is 0 Å². The molecule has 0 bridgehead atoms. The molecule has 0 radical (unpaired) electrons. The zero-order valence-electron chi connectivity index (χ0n) is 21.9. The molecule has 0 unspecified atom stereocenters. The van der Waals surface area contributed by atoms with Crippen molar-refractivity contribution in [2.75, 3.05) is 38.6 Å². The molecule has 0 aliphatic carbocycles. The molecule has 3 N–H and O–H groups in total. The standard InChI is InChI=1S/C28H31ClN6O4/c1-33(2)28(39)34-15-23(24(16-34)32-27(38)18-8-11-20-21(29)14-30-22(20)13-18)31-26(37)17-6-9-19(10-7-17)35-12-4-3-5-25(35)36/h6-11,13-14,23-24,30H,3-5,12,15-16H2,1-2H3,(H,31,37)(H,32,38)/t23-,24+/m0/s1. The number of likely N-dealkylation sites (tertiary alicyclic amines) is 1. The van der Waals surface area contributed by atoms with Crippen molar-refractivity contribution in [1.29, 1.82) is 0 Å². The first-order valence-corrected chi connectivity index (χ1v) is 13.3. The second-order valence-corrected chi connectivity index (χ2v) is 10.6. The molecule has 2 atom stereocenters. The fraction of sp³-hybridized carbons (Fsp3) is 0.357. The Morgan fingerprint density at radius 1 is 0.949 bits per heavy atom. The number of carbonyl (C=O) groups excluding carboxylic acids is 4. The van der Waals surface area contributed by atoms with Gasteiger partial charge in [-0.3, -0.25) is 14.4 Å². The van der Waals surface area contributed by atoms with Gasteiger partial charge in [-0.2, -0.15) is 0 Å². The van der Waals surface area contributed by atoms with Gasteiger partial charge in [0, 0.05) is 74.1 Å². The number of aromatic nitrogens is 1. The third kappa shape index (κ3) is 5.56. The summed E-state index contributed by atoms with van der Waals surface area (Å²) in [6, 6.07) is 10.9. The molecule has 2 saturated heterocycles. The number of halogens is 1. The third-order valence-electron chi connectivity index (χ3n) is 7.26. The first kappa shape index (κ1) is 26.6. The Labute approximate surface area is 231 Å². The van der Waals surface area contributed by atoms with Crippen LogP contribution in [-0.4, -0.2) is 84.3 Å². The summed E-state index contributed by atoms with van der Waals surface area (Å²) in [5, 5.41) is 7.38. The van der Waals surface area contributed by atoms with Gasteiger partial charge >= 0.3 is 6.03 Å². The zero-order valence-corrected chi connectivity index (χ0v) is 22.6. The molecule has 11 heteroatoms. The first-order valence-electron chi connectivity index (χ1n) is 13.0. The number of H-pyrrole nitrogens is 1. The molecular weight excluding hydrogens is 520 g/mol. The van der Waals surface area contributed by atoms with Crippen molar-refractivity contribution in [2.45, 2.75) is 31.3 Å². The third-order valence-corrected chi connectivity index (χ3v) is 7.58. The number of benzene rings is 2. The van der Waals surface area contributed by atoms with E-state index in [-0.39, 0.29) is 36.8 Å². The summed E-state index contributed by atoms with van der Waals surface area (Å²) in [4.78, 5) is 59.1. The van der Waals surface area contributed by atoms with Crippen LogP contribution in [0, 0.1) is 0 Å². The summed E-state index contributed by atoms with van der Waals surface area (Å²) in [7, 11) is 3.32. The number of fused-ring (bicyclic) bond motifs is 1. The molecular formula is C28H31ClN6O4. The molecule has 3 aromatic rings. The Balaban J connectivity index is 1.30. The average molecular weight is 551 g/mol. The summed E-state index contributed by atoms with van der Waals surface area (Å²) in [6.45, 7) is 1.17. The molecule has 2 aliphatic rings. The second-order valence-electron chi connectivity index (χ2n) is 10.2. The lowest BCUT2D eigenvalue weighted by Crippen LogP contribution is -2.51. The summed E-state index contributed by atoms with van der Waals surface area (Å²) in [5.74, 6) is -0.550. The Bertz CT molecular complexity index is 1420. The van der Waals surface area contributed by atoms with Crippen LogP contribution in [0.1, 0.15) is 40.0 Å². The molecule has 2 aromatic carbocycles. The van der Waals surface area contributed by atoms with E-state index in [1.165, 1.54) is 4.90 Å². The van der Waals surface area contributed by atoms with Gasteiger partial charge in [-0.15, -0.1) is 0 Å². The lowest BCUT2D eigenvalue weighted by atomic mass is 10.1. The summed E-state index contributed by atoms with van der Waals surface area (Å²) < 4.78 is 0. The molecule has 39 heavy (non-hydrogen) atoms. The molecule has 3 heterocycles. The Morgan fingerprint density at radius 3 is 2.23 bits per heavy atom. The number of hydrogen-bond acceptors (Lipinski definition) is 4. The van der Waals surface area contributed by atoms with E-state index in [0.29, 0.717) is 29.1 Å². The number of nitrogens with one attached hydrogen (secondary N) is 3. The van der Waals surface area contributed by atoms with Crippen LogP contribution in [-0.2, 0) is 4.79 Å². The largest absolute Gasteiger partial charge is 0.360 e. The Kier molecular flexibility index (Phi) is 7.47. The van der Waals surface area contributed by atoms with Gasteiger partial charge in [0.2, 0.25) is 5.91 Å². The highest BCUT2D eigenvalue weighted by Crippen LogP contribution is 2.24. The van der Waals surface area contributed by atoms with E-state index in [0.717, 1.165) is 29.4 Å².